The third-order valence-corrected chi connectivity index (χ3v) is 7.45. The summed E-state index contributed by atoms with van der Waals surface area (Å²) in [5.41, 5.74) is 1.10. The minimum Gasteiger partial charge on any atom is -0.491 e. The van der Waals surface area contributed by atoms with Crippen molar-refractivity contribution < 1.29 is 13.9 Å². The minimum absolute atomic E-state index is 0.0632. The van der Waals surface area contributed by atoms with E-state index < -0.39 is 0 Å². The van der Waals surface area contributed by atoms with E-state index in [0.717, 1.165) is 22.7 Å². The molecule has 4 heterocycles. The van der Waals surface area contributed by atoms with E-state index in [1.54, 1.807) is 30.7 Å². The molecular formula is C23H23FN4O2S. The number of fused-ring (bicyclic) bond motifs is 2. The maximum Gasteiger partial charge on any atom is 0.274 e. The summed E-state index contributed by atoms with van der Waals surface area (Å²) < 4.78 is 19.2. The zero-order valence-corrected chi connectivity index (χ0v) is 18.2. The number of piperidine rings is 2. The summed E-state index contributed by atoms with van der Waals surface area (Å²) >= 11 is 1.46. The number of nitrogens with zero attached hydrogens (tertiary/aromatic N) is 4. The van der Waals surface area contributed by atoms with Gasteiger partial charge in [-0.3, -0.25) is 14.8 Å². The first-order chi connectivity index (χ1) is 15.0. The Morgan fingerprint density at radius 3 is 2.74 bits per heavy atom. The van der Waals surface area contributed by atoms with Gasteiger partial charge < -0.3 is 9.64 Å². The van der Waals surface area contributed by atoms with E-state index in [0.29, 0.717) is 35.6 Å². The maximum absolute atomic E-state index is 13.8. The number of amides is 1. The highest BCUT2D eigenvalue weighted by Gasteiger charge is 2.51. The molecule has 1 amide bonds. The summed E-state index contributed by atoms with van der Waals surface area (Å²) in [5, 5.41) is 0.819. The quantitative estimate of drug-likeness (QED) is 0.592. The topological polar surface area (TPSA) is 68.2 Å². The second kappa shape index (κ2) is 8.00. The van der Waals surface area contributed by atoms with Crippen LogP contribution in [0.2, 0.25) is 0 Å². The van der Waals surface area contributed by atoms with Gasteiger partial charge in [-0.15, -0.1) is 11.3 Å². The van der Waals surface area contributed by atoms with E-state index in [1.165, 1.54) is 23.5 Å². The average Bonchev–Trinajstić information content (AvgIpc) is 3.14. The lowest BCUT2D eigenvalue weighted by Crippen LogP contribution is -2.64. The molecule has 6 rings (SSSR count). The zero-order valence-electron chi connectivity index (χ0n) is 17.4. The molecule has 2 aromatic heterocycles. The molecule has 0 N–H and O–H groups in total. The molecule has 2 aliphatic heterocycles. The van der Waals surface area contributed by atoms with Crippen LogP contribution in [-0.4, -0.2) is 44.4 Å². The molecule has 0 unspecified atom stereocenters. The Bertz CT molecular complexity index is 1080. The zero-order chi connectivity index (χ0) is 21.5. The van der Waals surface area contributed by atoms with Gasteiger partial charge in [-0.25, -0.2) is 9.37 Å². The molecule has 1 saturated carbocycles. The van der Waals surface area contributed by atoms with E-state index in [2.05, 4.69) is 21.9 Å². The number of carbonyl (C=O) groups is 1. The van der Waals surface area contributed by atoms with E-state index in [9.17, 15) is 9.18 Å². The maximum atomic E-state index is 13.8. The standard InChI is InChI=1S/C23H23FN4O2S/c1-13-15-9-17(10-15)28(20(13)12-30-18-5-3-16(24)4-6-18)23(29)21-22(31-14(2)27-21)19-11-25-7-8-26-19/h3-8,11,13,15,17,20H,9-10,12H2,1-2H3/t13-,15?,17?,20+/m0/s1. The number of halogens is 1. The van der Waals surface area contributed by atoms with Gasteiger partial charge >= 0.3 is 0 Å². The number of ether oxygens (including phenoxy) is 1. The summed E-state index contributed by atoms with van der Waals surface area (Å²) in [6.45, 7) is 4.46. The van der Waals surface area contributed by atoms with Gasteiger partial charge in [0.1, 0.15) is 29.6 Å². The van der Waals surface area contributed by atoms with Crippen molar-refractivity contribution in [3.8, 4) is 16.3 Å². The van der Waals surface area contributed by atoms with Crippen molar-refractivity contribution in [2.45, 2.75) is 38.8 Å². The van der Waals surface area contributed by atoms with Crippen molar-refractivity contribution in [1.82, 2.24) is 19.9 Å². The van der Waals surface area contributed by atoms with E-state index in [4.69, 9.17) is 4.74 Å². The summed E-state index contributed by atoms with van der Waals surface area (Å²) in [6, 6.07) is 6.13. The van der Waals surface area contributed by atoms with Gasteiger partial charge in [-0.05, 0) is 55.9 Å². The van der Waals surface area contributed by atoms with Crippen molar-refractivity contribution in [3.05, 3.63) is 59.4 Å². The molecular weight excluding hydrogens is 415 g/mol. The molecule has 2 bridgehead atoms. The van der Waals surface area contributed by atoms with Crippen LogP contribution in [0.1, 0.15) is 35.3 Å². The molecule has 2 saturated heterocycles. The third-order valence-electron chi connectivity index (χ3n) is 6.45. The lowest BCUT2D eigenvalue weighted by atomic mass is 9.64. The number of thiazole rings is 1. The molecule has 0 radical (unpaired) electrons. The van der Waals surface area contributed by atoms with Crippen LogP contribution in [0, 0.1) is 24.6 Å². The Labute approximate surface area is 184 Å². The Balaban J connectivity index is 1.43. The Hall–Kier alpha value is -2.87. The number of hydrogen-bond acceptors (Lipinski definition) is 6. The molecule has 3 fully saturated rings. The molecule has 3 aliphatic rings. The van der Waals surface area contributed by atoms with Gasteiger partial charge in [0.25, 0.3) is 5.91 Å². The highest BCUT2D eigenvalue weighted by molar-refractivity contribution is 7.15. The van der Waals surface area contributed by atoms with Gasteiger partial charge in [0.05, 0.1) is 22.1 Å². The largest absolute Gasteiger partial charge is 0.491 e. The molecule has 0 spiro atoms. The van der Waals surface area contributed by atoms with Crippen molar-refractivity contribution in [2.75, 3.05) is 6.61 Å². The second-order valence-electron chi connectivity index (χ2n) is 8.29. The molecule has 2 atom stereocenters. The molecule has 1 aliphatic carbocycles. The van der Waals surface area contributed by atoms with Crippen LogP contribution in [0.4, 0.5) is 4.39 Å². The molecule has 31 heavy (non-hydrogen) atoms. The van der Waals surface area contributed by atoms with Gasteiger partial charge in [-0.2, -0.15) is 0 Å². The summed E-state index contributed by atoms with van der Waals surface area (Å²) in [5.74, 6) is 1.14. The predicted molar refractivity (Wildman–Crippen MR) is 115 cm³/mol. The number of aryl methyl sites for hydroxylation is 1. The molecule has 1 aromatic carbocycles. The van der Waals surface area contributed by atoms with Crippen molar-refractivity contribution in [2.24, 2.45) is 11.8 Å². The lowest BCUT2D eigenvalue weighted by Gasteiger charge is -2.57. The highest BCUT2D eigenvalue weighted by atomic mass is 32.1. The number of rotatable bonds is 5. The van der Waals surface area contributed by atoms with Crippen LogP contribution in [-0.2, 0) is 0 Å². The van der Waals surface area contributed by atoms with Crippen LogP contribution in [0.15, 0.2) is 42.9 Å². The SMILES string of the molecule is Cc1nc(C(=O)N2C3CC(C3)[C@H](C)[C@H]2COc2ccc(F)cc2)c(-c2cnccn2)s1. The Morgan fingerprint density at radius 1 is 1.26 bits per heavy atom. The summed E-state index contributed by atoms with van der Waals surface area (Å²) in [6.07, 6.45) is 6.93. The average molecular weight is 439 g/mol. The highest BCUT2D eigenvalue weighted by Crippen LogP contribution is 2.47. The van der Waals surface area contributed by atoms with Gasteiger partial charge in [0.2, 0.25) is 0 Å². The van der Waals surface area contributed by atoms with E-state index in [-0.39, 0.29) is 23.8 Å². The predicted octanol–water partition coefficient (Wildman–Crippen LogP) is 4.37. The number of benzene rings is 1. The van der Waals surface area contributed by atoms with Crippen LogP contribution in [0.3, 0.4) is 0 Å². The van der Waals surface area contributed by atoms with Gasteiger partial charge in [-0.1, -0.05) is 6.92 Å². The third kappa shape index (κ3) is 3.69. The number of hydrogen-bond donors (Lipinski definition) is 0. The summed E-state index contributed by atoms with van der Waals surface area (Å²) in [4.78, 5) is 29.6. The first kappa shape index (κ1) is 20.1. The van der Waals surface area contributed by atoms with Crippen LogP contribution in [0.25, 0.3) is 10.6 Å². The first-order valence-corrected chi connectivity index (χ1v) is 11.3. The fourth-order valence-corrected chi connectivity index (χ4v) is 5.54. The van der Waals surface area contributed by atoms with Crippen LogP contribution in [0.5, 0.6) is 5.75 Å². The number of carbonyl (C=O) groups excluding carboxylic acids is 1. The fraction of sp³-hybridized carbons (Fsp3) is 0.391. The van der Waals surface area contributed by atoms with E-state index >= 15 is 0 Å². The molecule has 3 aromatic rings. The smallest absolute Gasteiger partial charge is 0.274 e. The van der Waals surface area contributed by atoms with Crippen molar-refractivity contribution in [3.63, 3.8) is 0 Å². The number of aromatic nitrogens is 3. The monoisotopic (exact) mass is 438 g/mol. The summed E-state index contributed by atoms with van der Waals surface area (Å²) in [7, 11) is 0. The van der Waals surface area contributed by atoms with Crippen molar-refractivity contribution in [1.29, 1.82) is 0 Å². The Morgan fingerprint density at radius 2 is 2.03 bits per heavy atom. The first-order valence-electron chi connectivity index (χ1n) is 10.5. The minimum atomic E-state index is -0.299. The van der Waals surface area contributed by atoms with Crippen molar-refractivity contribution >= 4 is 17.2 Å². The fourth-order valence-electron chi connectivity index (χ4n) is 4.67. The van der Waals surface area contributed by atoms with Gasteiger partial charge in [0, 0.05) is 18.4 Å². The normalized spacial score (nSPS) is 24.5. The molecule has 8 heteroatoms. The second-order valence-corrected chi connectivity index (χ2v) is 9.49. The molecule has 160 valence electrons. The van der Waals surface area contributed by atoms with E-state index in [1.807, 2.05) is 11.8 Å². The van der Waals surface area contributed by atoms with Crippen LogP contribution >= 0.6 is 11.3 Å². The lowest BCUT2D eigenvalue weighted by molar-refractivity contribution is -0.0672. The van der Waals surface area contributed by atoms with Crippen LogP contribution < -0.4 is 4.74 Å². The Kier molecular flexibility index (Phi) is 5.17. The molecule has 6 nitrogen and oxygen atoms in total. The van der Waals surface area contributed by atoms with Gasteiger partial charge in [0.15, 0.2) is 0 Å².